The molecule has 0 heterocycles. The maximum Gasteiger partial charge on any atom is 0.330 e. The van der Waals surface area contributed by atoms with E-state index in [1.165, 1.54) is 25.7 Å². The van der Waals surface area contributed by atoms with Crippen molar-refractivity contribution >= 4 is 5.97 Å². The molecule has 11 atom stereocenters. The summed E-state index contributed by atoms with van der Waals surface area (Å²) in [6.07, 6.45) is 11.9. The number of allylic oxidation sites excluding steroid dienone is 1. The van der Waals surface area contributed by atoms with Gasteiger partial charge in [-0.3, -0.25) is 0 Å². The van der Waals surface area contributed by atoms with E-state index in [0.717, 1.165) is 25.7 Å². The van der Waals surface area contributed by atoms with Crippen LogP contribution in [-0.2, 0) is 9.53 Å². The molecular weight excluding hydrogens is 400 g/mol. The van der Waals surface area contributed by atoms with Gasteiger partial charge in [-0.2, -0.15) is 0 Å². The molecule has 4 rings (SSSR count). The predicted octanol–water partition coefficient (Wildman–Crippen LogP) is 5.37. The molecule has 32 heavy (non-hydrogen) atoms. The molecule has 4 heteroatoms. The molecule has 0 aromatic rings. The molecule has 4 unspecified atom stereocenters. The maximum atomic E-state index is 11.9. The van der Waals surface area contributed by atoms with E-state index in [4.69, 9.17) is 4.74 Å². The molecule has 0 radical (unpaired) electrons. The Kier molecular flexibility index (Phi) is 6.87. The van der Waals surface area contributed by atoms with Crippen molar-refractivity contribution in [1.29, 1.82) is 0 Å². The van der Waals surface area contributed by atoms with Crippen LogP contribution in [0.5, 0.6) is 0 Å². The van der Waals surface area contributed by atoms with Crippen molar-refractivity contribution in [2.24, 2.45) is 52.3 Å². The SMILES string of the molecule is CCOC(=O)/C=C/[C@@H](C)C1CCC2C3C(CC[C@@]21C)[C@@]1(C)CC[C@@H](O)C[C@H]1[C@@H](CC)[C@H]3O. The Hall–Kier alpha value is -0.870. The lowest BCUT2D eigenvalue weighted by atomic mass is 9.41. The van der Waals surface area contributed by atoms with E-state index in [1.807, 2.05) is 6.92 Å². The van der Waals surface area contributed by atoms with Crippen molar-refractivity contribution in [2.75, 3.05) is 6.61 Å². The summed E-state index contributed by atoms with van der Waals surface area (Å²) in [5, 5.41) is 22.2. The Bertz CT molecular complexity index is 718. The number of fused-ring (bicyclic) bond motifs is 5. The lowest BCUT2D eigenvalue weighted by Crippen LogP contribution is -2.62. The Morgan fingerprint density at radius 3 is 2.41 bits per heavy atom. The smallest absolute Gasteiger partial charge is 0.330 e. The Balaban J connectivity index is 1.59. The summed E-state index contributed by atoms with van der Waals surface area (Å²) in [4.78, 5) is 11.9. The minimum Gasteiger partial charge on any atom is -0.463 e. The van der Waals surface area contributed by atoms with E-state index in [9.17, 15) is 15.0 Å². The maximum absolute atomic E-state index is 11.9. The molecule has 4 fully saturated rings. The Morgan fingerprint density at radius 2 is 1.72 bits per heavy atom. The van der Waals surface area contributed by atoms with Gasteiger partial charge in [0.05, 0.1) is 18.8 Å². The predicted molar refractivity (Wildman–Crippen MR) is 127 cm³/mol. The third-order valence-corrected chi connectivity index (χ3v) is 10.9. The number of rotatable bonds is 5. The first kappa shape index (κ1) is 24.3. The van der Waals surface area contributed by atoms with Crippen LogP contribution >= 0.6 is 0 Å². The second kappa shape index (κ2) is 9.06. The fourth-order valence-corrected chi connectivity index (χ4v) is 9.42. The first-order chi connectivity index (χ1) is 15.2. The van der Waals surface area contributed by atoms with Crippen molar-refractivity contribution < 1.29 is 19.7 Å². The summed E-state index contributed by atoms with van der Waals surface area (Å²) >= 11 is 0. The Morgan fingerprint density at radius 1 is 1.03 bits per heavy atom. The summed E-state index contributed by atoms with van der Waals surface area (Å²) in [5.41, 5.74) is 0.467. The fraction of sp³-hybridized carbons (Fsp3) is 0.893. The zero-order valence-electron chi connectivity index (χ0n) is 20.9. The van der Waals surface area contributed by atoms with Gasteiger partial charge in [0.25, 0.3) is 0 Å². The number of aliphatic hydroxyl groups is 2. The van der Waals surface area contributed by atoms with Gasteiger partial charge in [0.1, 0.15) is 0 Å². The first-order valence-corrected chi connectivity index (χ1v) is 13.4. The van der Waals surface area contributed by atoms with Crippen LogP contribution in [0.25, 0.3) is 0 Å². The van der Waals surface area contributed by atoms with Gasteiger partial charge < -0.3 is 14.9 Å². The topological polar surface area (TPSA) is 66.8 Å². The molecule has 0 saturated heterocycles. The third kappa shape index (κ3) is 3.78. The summed E-state index contributed by atoms with van der Waals surface area (Å²) in [6.45, 7) is 11.7. The normalized spacial score (nSPS) is 49.2. The van der Waals surface area contributed by atoms with Crippen molar-refractivity contribution in [3.05, 3.63) is 12.2 Å². The van der Waals surface area contributed by atoms with Crippen molar-refractivity contribution in [3.63, 3.8) is 0 Å². The van der Waals surface area contributed by atoms with Crippen LogP contribution < -0.4 is 0 Å². The highest BCUT2D eigenvalue weighted by molar-refractivity contribution is 5.81. The van der Waals surface area contributed by atoms with Crippen LogP contribution in [0.3, 0.4) is 0 Å². The lowest BCUT2D eigenvalue weighted by molar-refractivity contribution is -0.202. The molecule has 2 N–H and O–H groups in total. The quantitative estimate of drug-likeness (QED) is 0.440. The van der Waals surface area contributed by atoms with Crippen LogP contribution in [0.4, 0.5) is 0 Å². The van der Waals surface area contributed by atoms with Crippen LogP contribution in [0.1, 0.15) is 86.0 Å². The largest absolute Gasteiger partial charge is 0.463 e. The summed E-state index contributed by atoms with van der Waals surface area (Å²) in [5.74, 6) is 2.89. The van der Waals surface area contributed by atoms with Crippen molar-refractivity contribution in [3.8, 4) is 0 Å². The van der Waals surface area contributed by atoms with Crippen molar-refractivity contribution in [2.45, 2.75) is 98.2 Å². The molecular formula is C28H46O4. The molecule has 4 aliphatic rings. The zero-order valence-corrected chi connectivity index (χ0v) is 20.9. The number of hydrogen-bond acceptors (Lipinski definition) is 4. The number of ether oxygens (including phenoxy) is 1. The molecule has 4 aliphatic carbocycles. The van der Waals surface area contributed by atoms with E-state index < -0.39 is 0 Å². The van der Waals surface area contributed by atoms with Gasteiger partial charge in [-0.25, -0.2) is 4.79 Å². The molecule has 0 amide bonds. The summed E-state index contributed by atoms with van der Waals surface area (Å²) in [6, 6.07) is 0. The molecule has 0 aliphatic heterocycles. The highest BCUT2D eigenvalue weighted by atomic mass is 16.5. The van der Waals surface area contributed by atoms with E-state index in [0.29, 0.717) is 48.0 Å². The highest BCUT2D eigenvalue weighted by Crippen LogP contribution is 2.69. The second-order valence-electron chi connectivity index (χ2n) is 12.1. The van der Waals surface area contributed by atoms with Gasteiger partial charge >= 0.3 is 5.97 Å². The number of carbonyl (C=O) groups excluding carboxylic acids is 1. The van der Waals surface area contributed by atoms with Gasteiger partial charge in [-0.1, -0.05) is 40.2 Å². The summed E-state index contributed by atoms with van der Waals surface area (Å²) in [7, 11) is 0. The molecule has 0 aromatic heterocycles. The molecule has 0 aromatic carbocycles. The van der Waals surface area contributed by atoms with Gasteiger partial charge in [-0.05, 0) is 104 Å². The second-order valence-corrected chi connectivity index (χ2v) is 12.1. The fourth-order valence-electron chi connectivity index (χ4n) is 9.42. The monoisotopic (exact) mass is 446 g/mol. The van der Waals surface area contributed by atoms with Crippen molar-refractivity contribution in [1.82, 2.24) is 0 Å². The van der Waals surface area contributed by atoms with Crippen LogP contribution in [-0.4, -0.2) is 35.0 Å². The summed E-state index contributed by atoms with van der Waals surface area (Å²) < 4.78 is 5.09. The van der Waals surface area contributed by atoms with Gasteiger partial charge in [0, 0.05) is 6.08 Å². The van der Waals surface area contributed by atoms with Gasteiger partial charge in [-0.15, -0.1) is 0 Å². The number of hydrogen-bond donors (Lipinski definition) is 2. The first-order valence-electron chi connectivity index (χ1n) is 13.4. The third-order valence-electron chi connectivity index (χ3n) is 10.9. The minimum absolute atomic E-state index is 0.192. The lowest BCUT2D eigenvalue weighted by Gasteiger charge is -2.64. The van der Waals surface area contributed by atoms with Crippen LogP contribution in [0, 0.1) is 52.3 Å². The molecule has 4 nitrogen and oxygen atoms in total. The van der Waals surface area contributed by atoms with E-state index in [2.05, 4.69) is 33.8 Å². The molecule has 0 spiro atoms. The average molecular weight is 447 g/mol. The van der Waals surface area contributed by atoms with E-state index in [-0.39, 0.29) is 29.0 Å². The van der Waals surface area contributed by atoms with Crippen LogP contribution in [0.2, 0.25) is 0 Å². The van der Waals surface area contributed by atoms with Crippen LogP contribution in [0.15, 0.2) is 12.2 Å². The minimum atomic E-state index is -0.248. The number of carbonyl (C=O) groups is 1. The number of aliphatic hydroxyl groups excluding tert-OH is 2. The van der Waals surface area contributed by atoms with E-state index in [1.54, 1.807) is 6.08 Å². The van der Waals surface area contributed by atoms with Gasteiger partial charge in [0.2, 0.25) is 0 Å². The highest BCUT2D eigenvalue weighted by Gasteiger charge is 2.64. The average Bonchev–Trinajstić information content (AvgIpc) is 3.11. The molecule has 182 valence electrons. The van der Waals surface area contributed by atoms with E-state index >= 15 is 0 Å². The standard InChI is InChI=1S/C28H46O4/c1-6-19-23-16-18(29)12-14-28(23,5)22-13-15-27(4)20(9-10-21(27)25(22)26(19)31)17(3)8-11-24(30)32-7-2/h8,11,17-23,25-26,29,31H,6-7,9-10,12-16H2,1-5H3/b11-8+/t17-,18-,19-,20?,21?,22?,23+,25?,26-,27-,28-/m1/s1. The number of esters is 1. The molecule has 0 bridgehead atoms. The van der Waals surface area contributed by atoms with Gasteiger partial charge in [0.15, 0.2) is 0 Å². The molecule has 4 saturated carbocycles. The Labute approximate surface area is 195 Å². The zero-order chi connectivity index (χ0) is 23.3.